The minimum absolute atomic E-state index is 0. The number of anilines is 1. The zero-order valence-electron chi connectivity index (χ0n) is 7.16. The van der Waals surface area contributed by atoms with Gasteiger partial charge in [0.15, 0.2) is 0 Å². The van der Waals surface area contributed by atoms with Crippen LogP contribution < -0.4 is 34.5 Å². The molecule has 0 amide bonds. The fourth-order valence-electron chi connectivity index (χ4n) is 0.566. The molecule has 7 heteroatoms. The maximum Gasteiger partial charge on any atom is 1.00 e. The predicted molar refractivity (Wildman–Crippen MR) is 47.2 cm³/mol. The zero-order chi connectivity index (χ0) is 8.43. The quantitative estimate of drug-likeness (QED) is 0.316. The van der Waals surface area contributed by atoms with Crippen LogP contribution in [0.3, 0.4) is 0 Å². The van der Waals surface area contributed by atoms with Crippen molar-refractivity contribution >= 4 is 30.8 Å². The van der Waals surface area contributed by atoms with Gasteiger partial charge in [0.2, 0.25) is 10.7 Å². The summed E-state index contributed by atoms with van der Waals surface area (Å²) >= 11 is 9.58. The van der Waals surface area contributed by atoms with Crippen LogP contribution in [0.2, 0.25) is 0 Å². The standard InChI is InChI=1S/C5H8N4S2.Na/c1-9(2)3-6-4(10)8-5(11)7-3;/h1-2H3,(H2,6,7,8,10,11);/q;+1/p-1. The molecule has 0 aliphatic heterocycles. The summed E-state index contributed by atoms with van der Waals surface area (Å²) in [5.74, 6) is 0.634. The SMILES string of the molecule is CN(C)c1nc(=S)nc([S-])[nH]1.[Na+]. The Labute approximate surface area is 104 Å². The van der Waals surface area contributed by atoms with Gasteiger partial charge in [0.05, 0.1) is 0 Å². The smallest absolute Gasteiger partial charge is 0.742 e. The fourth-order valence-corrected chi connectivity index (χ4v) is 0.979. The van der Waals surface area contributed by atoms with Crippen LogP contribution in [0.1, 0.15) is 0 Å². The van der Waals surface area contributed by atoms with Gasteiger partial charge >= 0.3 is 29.6 Å². The van der Waals surface area contributed by atoms with E-state index in [0.29, 0.717) is 11.1 Å². The molecule has 0 bridgehead atoms. The Morgan fingerprint density at radius 3 is 2.42 bits per heavy atom. The summed E-state index contributed by atoms with van der Waals surface area (Å²) in [4.78, 5) is 12.3. The molecule has 0 atom stereocenters. The van der Waals surface area contributed by atoms with Crippen molar-refractivity contribution in [3.8, 4) is 0 Å². The number of nitrogens with zero attached hydrogens (tertiary/aromatic N) is 3. The van der Waals surface area contributed by atoms with E-state index < -0.39 is 0 Å². The van der Waals surface area contributed by atoms with Crippen molar-refractivity contribution in [1.82, 2.24) is 15.0 Å². The Hall–Kier alpha value is 0.250. The first-order valence-corrected chi connectivity index (χ1v) is 3.74. The molecule has 0 aliphatic carbocycles. The molecule has 1 rings (SSSR count). The first-order valence-electron chi connectivity index (χ1n) is 2.92. The first kappa shape index (κ1) is 12.2. The predicted octanol–water partition coefficient (Wildman–Crippen LogP) is -2.49. The van der Waals surface area contributed by atoms with Gasteiger partial charge in [-0.2, -0.15) is 4.98 Å². The molecule has 4 nitrogen and oxygen atoms in total. The van der Waals surface area contributed by atoms with E-state index in [4.69, 9.17) is 24.8 Å². The minimum Gasteiger partial charge on any atom is -0.742 e. The maximum atomic E-state index is 4.81. The number of nitrogens with one attached hydrogen (secondary N) is 1. The third kappa shape index (κ3) is 3.32. The average Bonchev–Trinajstić information content (AvgIpc) is 1.85. The van der Waals surface area contributed by atoms with E-state index in [1.165, 1.54) is 0 Å². The van der Waals surface area contributed by atoms with Crippen LogP contribution in [0, 0.1) is 4.77 Å². The van der Waals surface area contributed by atoms with E-state index in [0.717, 1.165) is 0 Å². The molecule has 0 aliphatic rings. The van der Waals surface area contributed by atoms with Gasteiger partial charge in [0.1, 0.15) is 0 Å². The van der Waals surface area contributed by atoms with Crippen LogP contribution in [-0.2, 0) is 12.6 Å². The van der Waals surface area contributed by atoms with Gasteiger partial charge in [0.25, 0.3) is 0 Å². The second kappa shape index (κ2) is 5.08. The first-order chi connectivity index (χ1) is 5.09. The number of hydrogen-bond donors (Lipinski definition) is 1. The molecule has 1 N–H and O–H groups in total. The van der Waals surface area contributed by atoms with E-state index in [9.17, 15) is 0 Å². The molecule has 0 saturated heterocycles. The van der Waals surface area contributed by atoms with Crippen LogP contribution in [0.5, 0.6) is 0 Å². The Morgan fingerprint density at radius 1 is 1.42 bits per heavy atom. The van der Waals surface area contributed by atoms with Crippen molar-refractivity contribution in [3.63, 3.8) is 0 Å². The Bertz CT molecular complexity index is 311. The van der Waals surface area contributed by atoms with E-state index in [2.05, 4.69) is 15.0 Å². The monoisotopic (exact) mass is 210 g/mol. The van der Waals surface area contributed by atoms with Crippen molar-refractivity contribution in [3.05, 3.63) is 4.77 Å². The summed E-state index contributed by atoms with van der Waals surface area (Å²) in [6.07, 6.45) is 0. The van der Waals surface area contributed by atoms with Crippen molar-refractivity contribution in [1.29, 1.82) is 0 Å². The number of H-pyrrole nitrogens is 1. The van der Waals surface area contributed by atoms with Crippen LogP contribution >= 0.6 is 12.2 Å². The fraction of sp³-hybridized carbons (Fsp3) is 0.400. The molecule has 0 spiro atoms. The van der Waals surface area contributed by atoms with Gasteiger partial charge in [0, 0.05) is 14.1 Å². The van der Waals surface area contributed by atoms with Crippen LogP contribution in [0.25, 0.3) is 0 Å². The topological polar surface area (TPSA) is 44.8 Å². The van der Waals surface area contributed by atoms with Gasteiger partial charge in [-0.05, 0) is 17.4 Å². The summed E-state index contributed by atoms with van der Waals surface area (Å²) in [7, 11) is 3.70. The van der Waals surface area contributed by atoms with Crippen LogP contribution in [0.15, 0.2) is 5.16 Å². The molecule has 1 heterocycles. The molecule has 1 aromatic heterocycles. The van der Waals surface area contributed by atoms with Crippen molar-refractivity contribution in [2.45, 2.75) is 5.16 Å². The van der Waals surface area contributed by atoms with Crippen molar-refractivity contribution < 1.29 is 29.6 Å². The largest absolute Gasteiger partial charge is 1.00 e. The Morgan fingerprint density at radius 2 is 2.00 bits per heavy atom. The number of aromatic amines is 1. The second-order valence-corrected chi connectivity index (χ2v) is 2.91. The Kier molecular flexibility index (Phi) is 5.19. The molecular formula is C5H7N4NaS2. The van der Waals surface area contributed by atoms with Crippen LogP contribution in [-0.4, -0.2) is 29.0 Å². The summed E-state index contributed by atoms with van der Waals surface area (Å²) in [6, 6.07) is 0. The van der Waals surface area contributed by atoms with Gasteiger partial charge in [-0.25, -0.2) is 4.98 Å². The third-order valence-electron chi connectivity index (χ3n) is 1.04. The van der Waals surface area contributed by atoms with Gasteiger partial charge < -0.3 is 22.5 Å². The van der Waals surface area contributed by atoms with Gasteiger partial charge in [-0.15, -0.1) is 0 Å². The number of aromatic nitrogens is 3. The summed E-state index contributed by atoms with van der Waals surface area (Å²) in [5, 5.41) is 0.369. The Balaban J connectivity index is 0.00000121. The molecule has 0 aromatic carbocycles. The molecule has 60 valence electrons. The van der Waals surface area contributed by atoms with E-state index >= 15 is 0 Å². The van der Waals surface area contributed by atoms with Crippen molar-refractivity contribution in [2.75, 3.05) is 19.0 Å². The molecule has 0 unspecified atom stereocenters. The van der Waals surface area contributed by atoms with Gasteiger partial charge in [-0.1, -0.05) is 0 Å². The average molecular weight is 210 g/mol. The molecule has 0 radical (unpaired) electrons. The molecule has 1 aromatic rings. The number of rotatable bonds is 1. The van der Waals surface area contributed by atoms with E-state index in [1.807, 2.05) is 14.1 Å². The molecule has 12 heavy (non-hydrogen) atoms. The molecule has 0 saturated carbocycles. The summed E-state index contributed by atoms with van der Waals surface area (Å²) in [6.45, 7) is 0. The normalized spacial score (nSPS) is 8.83. The molecular weight excluding hydrogens is 203 g/mol. The van der Waals surface area contributed by atoms with E-state index in [1.54, 1.807) is 4.90 Å². The minimum atomic E-state index is 0. The van der Waals surface area contributed by atoms with E-state index in [-0.39, 0.29) is 34.3 Å². The summed E-state index contributed by atoms with van der Waals surface area (Å²) in [5.41, 5.74) is 0. The zero-order valence-corrected chi connectivity index (χ0v) is 10.8. The third-order valence-corrected chi connectivity index (χ3v) is 1.42. The van der Waals surface area contributed by atoms with Gasteiger partial charge in [-0.3, -0.25) is 0 Å². The summed E-state index contributed by atoms with van der Waals surface area (Å²) < 4.78 is 0.275. The number of hydrogen-bond acceptors (Lipinski definition) is 5. The maximum absolute atomic E-state index is 4.81. The van der Waals surface area contributed by atoms with Crippen molar-refractivity contribution in [2.24, 2.45) is 0 Å². The van der Waals surface area contributed by atoms with Crippen LogP contribution in [0.4, 0.5) is 5.95 Å². The molecule has 0 fully saturated rings. The second-order valence-electron chi connectivity index (χ2n) is 2.15.